The zero-order valence-corrected chi connectivity index (χ0v) is 13.6. The van der Waals surface area contributed by atoms with Gasteiger partial charge in [-0.25, -0.2) is 8.42 Å². The molecule has 1 heterocycles. The van der Waals surface area contributed by atoms with Crippen molar-refractivity contribution in [2.24, 2.45) is 5.73 Å². The zero-order valence-electron chi connectivity index (χ0n) is 12.8. The van der Waals surface area contributed by atoms with Crippen LogP contribution < -0.4 is 11.1 Å². The molecule has 0 saturated carbocycles. The number of piperidine rings is 1. The van der Waals surface area contributed by atoms with Gasteiger partial charge in [0.05, 0.1) is 12.4 Å². The van der Waals surface area contributed by atoms with Crippen LogP contribution >= 0.6 is 0 Å². The molecule has 0 aromatic heterocycles. The monoisotopic (exact) mass is 311 g/mol. The normalized spacial score (nSPS) is 19.4. The first-order valence-corrected chi connectivity index (χ1v) is 8.99. The summed E-state index contributed by atoms with van der Waals surface area (Å²) in [5, 5.41) is 3.00. The predicted octanol–water partition coefficient (Wildman–Crippen LogP) is 2.11. The molecule has 0 amide bonds. The Kier molecular flexibility index (Phi) is 4.91. The molecule has 0 bridgehead atoms. The maximum Gasteiger partial charge on any atom is 0.218 e. The first kappa shape index (κ1) is 16.3. The Bertz CT molecular complexity index is 584. The van der Waals surface area contributed by atoms with Gasteiger partial charge in [0.25, 0.3) is 0 Å². The smallest absolute Gasteiger partial charge is 0.218 e. The van der Waals surface area contributed by atoms with Crippen molar-refractivity contribution in [2.75, 3.05) is 18.5 Å². The highest BCUT2D eigenvalue weighted by Crippen LogP contribution is 2.31. The van der Waals surface area contributed by atoms with Gasteiger partial charge in [0.15, 0.2) is 0 Å². The third kappa shape index (κ3) is 3.96. The zero-order chi connectivity index (χ0) is 15.5. The van der Waals surface area contributed by atoms with E-state index in [0.717, 1.165) is 30.5 Å². The summed E-state index contributed by atoms with van der Waals surface area (Å²) in [6, 6.07) is 7.43. The predicted molar refractivity (Wildman–Crippen MR) is 86.4 cm³/mol. The lowest BCUT2D eigenvalue weighted by Crippen LogP contribution is -2.50. The largest absolute Gasteiger partial charge is 0.373 e. The molecule has 0 aliphatic carbocycles. The van der Waals surface area contributed by atoms with E-state index in [-0.39, 0.29) is 11.3 Å². The van der Waals surface area contributed by atoms with Gasteiger partial charge in [-0.1, -0.05) is 18.6 Å². The Morgan fingerprint density at radius 3 is 2.76 bits per heavy atom. The van der Waals surface area contributed by atoms with Crippen molar-refractivity contribution in [3.63, 3.8) is 0 Å². The molecule has 0 atom stereocenters. The lowest BCUT2D eigenvalue weighted by atomic mass is 9.93. The van der Waals surface area contributed by atoms with Crippen LogP contribution in [0.5, 0.6) is 0 Å². The van der Waals surface area contributed by atoms with Crippen LogP contribution in [0.4, 0.5) is 5.69 Å². The van der Waals surface area contributed by atoms with E-state index in [1.807, 2.05) is 38.1 Å². The maximum absolute atomic E-state index is 12.7. The average molecular weight is 311 g/mol. The molecule has 0 spiro atoms. The number of hydrogen-bond acceptors (Lipinski definition) is 4. The SMILES string of the molecule is CC1(C)CCCCN1S(=O)(=O)Cc1cccc(NCN)c1. The van der Waals surface area contributed by atoms with Crippen molar-refractivity contribution in [3.8, 4) is 0 Å². The molecule has 1 aromatic rings. The molecule has 1 aromatic carbocycles. The number of anilines is 1. The van der Waals surface area contributed by atoms with Crippen LogP contribution in [0.2, 0.25) is 0 Å². The average Bonchev–Trinajstić information content (AvgIpc) is 2.38. The molecule has 0 unspecified atom stereocenters. The van der Waals surface area contributed by atoms with Gasteiger partial charge < -0.3 is 11.1 Å². The van der Waals surface area contributed by atoms with Gasteiger partial charge in [-0.2, -0.15) is 4.31 Å². The minimum Gasteiger partial charge on any atom is -0.373 e. The van der Waals surface area contributed by atoms with Gasteiger partial charge in [0, 0.05) is 17.8 Å². The van der Waals surface area contributed by atoms with Gasteiger partial charge in [-0.15, -0.1) is 0 Å². The lowest BCUT2D eigenvalue weighted by molar-refractivity contribution is 0.169. The van der Waals surface area contributed by atoms with Crippen molar-refractivity contribution in [3.05, 3.63) is 29.8 Å². The van der Waals surface area contributed by atoms with Crippen LogP contribution in [0.15, 0.2) is 24.3 Å². The van der Waals surface area contributed by atoms with Gasteiger partial charge >= 0.3 is 0 Å². The highest BCUT2D eigenvalue weighted by Gasteiger charge is 2.37. The number of nitrogens with one attached hydrogen (secondary N) is 1. The maximum atomic E-state index is 12.7. The summed E-state index contributed by atoms with van der Waals surface area (Å²) in [4.78, 5) is 0. The third-order valence-electron chi connectivity index (χ3n) is 3.99. The van der Waals surface area contributed by atoms with Gasteiger partial charge in [0.2, 0.25) is 10.0 Å². The second-order valence-electron chi connectivity index (χ2n) is 6.18. The molecule has 1 aliphatic rings. The van der Waals surface area contributed by atoms with E-state index in [2.05, 4.69) is 5.32 Å². The number of hydrogen-bond donors (Lipinski definition) is 2. The quantitative estimate of drug-likeness (QED) is 0.817. The minimum absolute atomic E-state index is 0.0382. The van der Waals surface area contributed by atoms with Crippen LogP contribution in [0.25, 0.3) is 0 Å². The van der Waals surface area contributed by atoms with Crippen LogP contribution in [0, 0.1) is 0 Å². The molecule has 6 heteroatoms. The third-order valence-corrected chi connectivity index (χ3v) is 6.04. The molecular formula is C15H25N3O2S. The summed E-state index contributed by atoms with van der Waals surface area (Å²) in [5.74, 6) is 0.0382. The standard InChI is InChI=1S/C15H25N3O2S/c1-15(2)8-3-4-9-18(15)21(19,20)11-13-6-5-7-14(10-13)17-12-16/h5-7,10,17H,3-4,8-9,11-12,16H2,1-2H3. The fourth-order valence-electron chi connectivity index (χ4n) is 2.93. The summed E-state index contributed by atoms with van der Waals surface area (Å²) in [7, 11) is -3.30. The highest BCUT2D eigenvalue weighted by atomic mass is 32.2. The van der Waals surface area contributed by atoms with Crippen LogP contribution in [0.1, 0.15) is 38.7 Å². The lowest BCUT2D eigenvalue weighted by Gasteiger charge is -2.41. The van der Waals surface area contributed by atoms with Crippen LogP contribution in [0.3, 0.4) is 0 Å². The van der Waals surface area contributed by atoms with Crippen LogP contribution in [-0.4, -0.2) is 31.5 Å². The Balaban J connectivity index is 2.19. The van der Waals surface area contributed by atoms with Crippen molar-refractivity contribution in [1.82, 2.24) is 4.31 Å². The molecular weight excluding hydrogens is 286 g/mol. The Morgan fingerprint density at radius 2 is 2.10 bits per heavy atom. The van der Waals surface area contributed by atoms with E-state index in [1.54, 1.807) is 4.31 Å². The molecule has 3 N–H and O–H groups in total. The second-order valence-corrected chi connectivity index (χ2v) is 8.07. The van der Waals surface area contributed by atoms with E-state index < -0.39 is 10.0 Å². The molecule has 1 saturated heterocycles. The van der Waals surface area contributed by atoms with Gasteiger partial charge in [-0.3, -0.25) is 0 Å². The fourth-order valence-corrected chi connectivity index (χ4v) is 4.94. The number of rotatable bonds is 5. The van der Waals surface area contributed by atoms with E-state index in [9.17, 15) is 8.42 Å². The topological polar surface area (TPSA) is 75.4 Å². The summed E-state index contributed by atoms with van der Waals surface area (Å²) in [5.41, 5.74) is 6.80. The second kappa shape index (κ2) is 6.34. The van der Waals surface area contributed by atoms with E-state index >= 15 is 0 Å². The minimum atomic E-state index is -3.30. The first-order valence-electron chi connectivity index (χ1n) is 7.38. The van der Waals surface area contributed by atoms with E-state index in [1.165, 1.54) is 0 Å². The van der Waals surface area contributed by atoms with Crippen molar-refractivity contribution >= 4 is 15.7 Å². The van der Waals surface area contributed by atoms with Crippen molar-refractivity contribution in [1.29, 1.82) is 0 Å². The fraction of sp³-hybridized carbons (Fsp3) is 0.600. The summed E-state index contributed by atoms with van der Waals surface area (Å²) >= 11 is 0. The summed E-state index contributed by atoms with van der Waals surface area (Å²) in [6.45, 7) is 4.97. The summed E-state index contributed by atoms with van der Waals surface area (Å²) < 4.78 is 27.1. The van der Waals surface area contributed by atoms with E-state index in [0.29, 0.717) is 13.2 Å². The number of nitrogens with zero attached hydrogens (tertiary/aromatic N) is 1. The number of sulfonamides is 1. The Morgan fingerprint density at radius 1 is 1.33 bits per heavy atom. The van der Waals surface area contributed by atoms with Gasteiger partial charge in [-0.05, 0) is 44.4 Å². The van der Waals surface area contributed by atoms with E-state index in [4.69, 9.17) is 5.73 Å². The number of benzene rings is 1. The van der Waals surface area contributed by atoms with Crippen molar-refractivity contribution in [2.45, 2.75) is 44.4 Å². The molecule has 5 nitrogen and oxygen atoms in total. The molecule has 1 aliphatic heterocycles. The van der Waals surface area contributed by atoms with Gasteiger partial charge in [0.1, 0.15) is 0 Å². The number of nitrogens with two attached hydrogens (primary N) is 1. The van der Waals surface area contributed by atoms with Crippen LogP contribution in [-0.2, 0) is 15.8 Å². The molecule has 1 fully saturated rings. The molecule has 118 valence electrons. The highest BCUT2D eigenvalue weighted by molar-refractivity contribution is 7.88. The summed E-state index contributed by atoms with van der Waals surface area (Å²) in [6.07, 6.45) is 2.95. The molecule has 21 heavy (non-hydrogen) atoms. The Labute approximate surface area is 127 Å². The van der Waals surface area contributed by atoms with Crippen molar-refractivity contribution < 1.29 is 8.42 Å². The molecule has 0 radical (unpaired) electrons. The Hall–Kier alpha value is -1.11. The first-order chi connectivity index (χ1) is 9.85. The molecule has 2 rings (SSSR count).